The molecule has 18 heavy (non-hydrogen) atoms. The second-order valence-corrected chi connectivity index (χ2v) is 7.63. The smallest absolute Gasteiger partial charge is 0.0746 e. The van der Waals surface area contributed by atoms with Gasteiger partial charge in [0.1, 0.15) is 0 Å². The number of hydrogen-bond donors (Lipinski definition) is 1. The van der Waals surface area contributed by atoms with E-state index >= 15 is 0 Å². The highest BCUT2D eigenvalue weighted by atomic mass is 16.3. The van der Waals surface area contributed by atoms with E-state index in [2.05, 4.69) is 18.7 Å². The van der Waals surface area contributed by atoms with E-state index in [0.29, 0.717) is 6.04 Å². The number of rotatable bonds is 1. The van der Waals surface area contributed by atoms with E-state index in [4.69, 9.17) is 0 Å². The summed E-state index contributed by atoms with van der Waals surface area (Å²) in [5.74, 6) is 1.94. The molecule has 2 nitrogen and oxygen atoms in total. The summed E-state index contributed by atoms with van der Waals surface area (Å²) in [5, 5.41) is 10.5. The maximum atomic E-state index is 10.5. The van der Waals surface area contributed by atoms with Gasteiger partial charge in [0.05, 0.1) is 6.10 Å². The third kappa shape index (κ3) is 2.22. The number of aliphatic hydroxyl groups excluding tert-OH is 1. The van der Waals surface area contributed by atoms with Gasteiger partial charge in [-0.25, -0.2) is 0 Å². The minimum absolute atomic E-state index is 0.113. The first-order valence-corrected chi connectivity index (χ1v) is 8.00. The van der Waals surface area contributed by atoms with Gasteiger partial charge in [-0.3, -0.25) is 4.90 Å². The Morgan fingerprint density at radius 2 is 1.72 bits per heavy atom. The zero-order valence-corrected chi connectivity index (χ0v) is 12.1. The van der Waals surface area contributed by atoms with Gasteiger partial charge in [-0.1, -0.05) is 33.1 Å². The van der Waals surface area contributed by atoms with Crippen LogP contribution in [0.4, 0.5) is 0 Å². The van der Waals surface area contributed by atoms with Crippen molar-refractivity contribution in [3.8, 4) is 0 Å². The number of piperidine rings is 1. The molecular weight excluding hydrogens is 222 g/mol. The highest BCUT2D eigenvalue weighted by molar-refractivity contribution is 4.98. The molecule has 2 aliphatic carbocycles. The van der Waals surface area contributed by atoms with Crippen molar-refractivity contribution in [1.29, 1.82) is 0 Å². The van der Waals surface area contributed by atoms with Gasteiger partial charge in [0.15, 0.2) is 0 Å². The fraction of sp³-hybridized carbons (Fsp3) is 1.00. The molecule has 0 radical (unpaired) electrons. The van der Waals surface area contributed by atoms with Gasteiger partial charge in [0.25, 0.3) is 0 Å². The minimum Gasteiger partial charge on any atom is -0.391 e. The first-order chi connectivity index (χ1) is 8.58. The minimum atomic E-state index is -0.113. The summed E-state index contributed by atoms with van der Waals surface area (Å²) in [7, 11) is 0. The molecule has 2 heteroatoms. The molecule has 0 amide bonds. The summed E-state index contributed by atoms with van der Waals surface area (Å²) < 4.78 is 0. The van der Waals surface area contributed by atoms with Gasteiger partial charge in [0.2, 0.25) is 0 Å². The van der Waals surface area contributed by atoms with Gasteiger partial charge < -0.3 is 5.11 Å². The van der Waals surface area contributed by atoms with E-state index < -0.39 is 0 Å². The number of nitrogens with zero attached hydrogens (tertiary/aromatic N) is 1. The van der Waals surface area contributed by atoms with E-state index in [-0.39, 0.29) is 11.5 Å². The van der Waals surface area contributed by atoms with Crippen LogP contribution in [0.3, 0.4) is 0 Å². The highest BCUT2D eigenvalue weighted by Gasteiger charge is 2.45. The average Bonchev–Trinajstić information content (AvgIpc) is 2.64. The van der Waals surface area contributed by atoms with Crippen LogP contribution < -0.4 is 0 Å². The van der Waals surface area contributed by atoms with E-state index in [1.54, 1.807) is 0 Å². The highest BCUT2D eigenvalue weighted by Crippen LogP contribution is 2.43. The monoisotopic (exact) mass is 251 g/mol. The predicted octanol–water partition coefficient (Wildman–Crippen LogP) is 3.05. The van der Waals surface area contributed by atoms with Gasteiger partial charge in [-0.05, 0) is 49.5 Å². The molecule has 1 aliphatic heterocycles. The molecule has 104 valence electrons. The lowest BCUT2D eigenvalue weighted by molar-refractivity contribution is -0.0168. The van der Waals surface area contributed by atoms with Crippen LogP contribution in [0.5, 0.6) is 0 Å². The normalized spacial score (nSPS) is 44.8. The van der Waals surface area contributed by atoms with Crippen LogP contribution in [0.2, 0.25) is 0 Å². The first-order valence-electron chi connectivity index (χ1n) is 8.00. The van der Waals surface area contributed by atoms with Crippen molar-refractivity contribution in [2.45, 2.75) is 70.9 Å². The van der Waals surface area contributed by atoms with Crippen LogP contribution in [-0.2, 0) is 0 Å². The summed E-state index contributed by atoms with van der Waals surface area (Å²) in [4.78, 5) is 2.63. The van der Waals surface area contributed by atoms with Crippen molar-refractivity contribution in [2.75, 3.05) is 13.1 Å². The van der Waals surface area contributed by atoms with Crippen molar-refractivity contribution in [1.82, 2.24) is 4.90 Å². The molecule has 3 rings (SSSR count). The van der Waals surface area contributed by atoms with Gasteiger partial charge in [-0.15, -0.1) is 0 Å². The Labute approximate surface area is 112 Å². The van der Waals surface area contributed by atoms with E-state index in [1.807, 2.05) is 0 Å². The molecule has 2 saturated carbocycles. The zero-order valence-electron chi connectivity index (χ0n) is 12.1. The van der Waals surface area contributed by atoms with Gasteiger partial charge in [-0.2, -0.15) is 0 Å². The van der Waals surface area contributed by atoms with Gasteiger partial charge in [0, 0.05) is 12.6 Å². The molecule has 1 saturated heterocycles. The third-order valence-corrected chi connectivity index (χ3v) is 6.04. The van der Waals surface area contributed by atoms with Crippen LogP contribution in [-0.4, -0.2) is 35.2 Å². The summed E-state index contributed by atoms with van der Waals surface area (Å²) in [5.41, 5.74) is 0.133. The van der Waals surface area contributed by atoms with E-state index in [1.165, 1.54) is 58.0 Å². The Balaban J connectivity index is 1.64. The standard InChI is InChI=1S/C16H29NO/c1-16(2)9-7-14(15(16)18)17-10-8-12-5-3-4-6-13(12)11-17/h12-15,18H,3-11H2,1-2H3. The molecule has 3 aliphatic rings. The SMILES string of the molecule is CC1(C)CCC(N2CCC3CCCCC3C2)C1O. The molecule has 4 unspecified atom stereocenters. The molecule has 0 bridgehead atoms. The lowest BCUT2D eigenvalue weighted by Crippen LogP contribution is -2.50. The summed E-state index contributed by atoms with van der Waals surface area (Å²) >= 11 is 0. The number of hydrogen-bond acceptors (Lipinski definition) is 2. The summed E-state index contributed by atoms with van der Waals surface area (Å²) in [6.45, 7) is 6.96. The maximum Gasteiger partial charge on any atom is 0.0746 e. The average molecular weight is 251 g/mol. The second kappa shape index (κ2) is 4.79. The Hall–Kier alpha value is -0.0800. The fourth-order valence-corrected chi connectivity index (χ4v) is 4.66. The zero-order chi connectivity index (χ0) is 12.8. The largest absolute Gasteiger partial charge is 0.391 e. The number of likely N-dealkylation sites (tertiary alicyclic amines) is 1. The third-order valence-electron chi connectivity index (χ3n) is 6.04. The Morgan fingerprint density at radius 1 is 1.00 bits per heavy atom. The molecule has 3 fully saturated rings. The second-order valence-electron chi connectivity index (χ2n) is 7.63. The summed E-state index contributed by atoms with van der Waals surface area (Å²) in [6.07, 6.45) is 9.46. The van der Waals surface area contributed by atoms with E-state index in [9.17, 15) is 5.11 Å². The van der Waals surface area contributed by atoms with Gasteiger partial charge >= 0.3 is 0 Å². The van der Waals surface area contributed by atoms with Crippen molar-refractivity contribution in [3.05, 3.63) is 0 Å². The van der Waals surface area contributed by atoms with Crippen LogP contribution in [0.1, 0.15) is 58.8 Å². The molecule has 0 spiro atoms. The lowest BCUT2D eigenvalue weighted by Gasteiger charge is -2.45. The van der Waals surface area contributed by atoms with Crippen molar-refractivity contribution < 1.29 is 5.11 Å². The molecule has 0 aromatic carbocycles. The molecule has 0 aromatic rings. The molecule has 0 aromatic heterocycles. The van der Waals surface area contributed by atoms with Crippen molar-refractivity contribution in [3.63, 3.8) is 0 Å². The van der Waals surface area contributed by atoms with Crippen molar-refractivity contribution in [2.24, 2.45) is 17.3 Å². The molecule has 1 N–H and O–H groups in total. The topological polar surface area (TPSA) is 23.5 Å². The molecule has 4 atom stereocenters. The maximum absolute atomic E-state index is 10.5. The predicted molar refractivity (Wildman–Crippen MR) is 74.4 cm³/mol. The lowest BCUT2D eigenvalue weighted by atomic mass is 9.74. The fourth-order valence-electron chi connectivity index (χ4n) is 4.66. The van der Waals surface area contributed by atoms with Crippen LogP contribution in [0, 0.1) is 17.3 Å². The van der Waals surface area contributed by atoms with Crippen LogP contribution in [0.15, 0.2) is 0 Å². The van der Waals surface area contributed by atoms with Crippen molar-refractivity contribution >= 4 is 0 Å². The van der Waals surface area contributed by atoms with E-state index in [0.717, 1.165) is 11.8 Å². The van der Waals surface area contributed by atoms with Crippen LogP contribution >= 0.6 is 0 Å². The Morgan fingerprint density at radius 3 is 2.39 bits per heavy atom. The van der Waals surface area contributed by atoms with Crippen LogP contribution in [0.25, 0.3) is 0 Å². The quantitative estimate of drug-likeness (QED) is 0.774. The summed E-state index contributed by atoms with van der Waals surface area (Å²) in [6, 6.07) is 0.447. The molecular formula is C16H29NO. The Kier molecular flexibility index (Phi) is 3.44. The Bertz CT molecular complexity index is 301. The number of aliphatic hydroxyl groups is 1. The number of fused-ring (bicyclic) bond motifs is 1. The molecule has 1 heterocycles. The first kappa shape index (κ1) is 12.9.